The second kappa shape index (κ2) is 4.91. The molecule has 1 heterocycles. The van der Waals surface area contributed by atoms with Crippen LogP contribution in [0.15, 0.2) is 23.1 Å². The van der Waals surface area contributed by atoms with Gasteiger partial charge in [0, 0.05) is 36.5 Å². The van der Waals surface area contributed by atoms with Crippen LogP contribution in [0.2, 0.25) is 0 Å². The second-order valence-corrected chi connectivity index (χ2v) is 7.25. The molecule has 0 spiro atoms. The van der Waals surface area contributed by atoms with Crippen molar-refractivity contribution in [2.24, 2.45) is 5.14 Å². The van der Waals surface area contributed by atoms with E-state index in [4.69, 9.17) is 10.9 Å². The normalized spacial score (nSPS) is 23.9. The van der Waals surface area contributed by atoms with Crippen LogP contribution in [0, 0.1) is 0 Å². The maximum atomic E-state index is 11.4. The Kier molecular flexibility index (Phi) is 3.35. The molecule has 0 amide bonds. The Hall–Kier alpha value is -1.31. The summed E-state index contributed by atoms with van der Waals surface area (Å²) in [5.74, 6) is 0. The third-order valence-electron chi connectivity index (χ3n) is 3.91. The zero-order chi connectivity index (χ0) is 14.3. The van der Waals surface area contributed by atoms with E-state index >= 15 is 0 Å². The number of nitrogens with two attached hydrogens (primary N) is 2. The summed E-state index contributed by atoms with van der Waals surface area (Å²) in [5, 5.41) is 8.52. The number of benzene rings is 1. The minimum atomic E-state index is -3.73. The van der Waals surface area contributed by atoms with Gasteiger partial charge in [-0.1, -0.05) is 0 Å². The van der Waals surface area contributed by atoms with Crippen molar-refractivity contribution in [3.63, 3.8) is 0 Å². The predicted octanol–water partition coefficient (Wildman–Crippen LogP) is 0.565. The van der Waals surface area contributed by atoms with Crippen LogP contribution in [0.1, 0.15) is 19.3 Å². The number of sulfonamides is 1. The molecule has 1 aromatic carbocycles. The highest BCUT2D eigenvalue weighted by atomic mass is 32.2. The molecular weight excluding hydrogens is 276 g/mol. The number of primary sulfonamides is 1. The third-order valence-corrected chi connectivity index (χ3v) is 4.80. The molecule has 1 saturated heterocycles. The molecule has 1 unspecified atom stereocenters. The van der Waals surface area contributed by atoms with Crippen LogP contribution in [-0.4, -0.2) is 38.5 Å². The molecule has 1 saturated carbocycles. The molecule has 1 aliphatic carbocycles. The van der Waals surface area contributed by atoms with E-state index in [1.165, 1.54) is 18.9 Å². The van der Waals surface area contributed by atoms with E-state index in [0.29, 0.717) is 11.7 Å². The Morgan fingerprint density at radius 2 is 1.95 bits per heavy atom. The molecule has 1 aromatic rings. The third kappa shape index (κ3) is 3.05. The van der Waals surface area contributed by atoms with Gasteiger partial charge in [0.05, 0.1) is 4.90 Å². The molecule has 2 aliphatic rings. The first-order chi connectivity index (χ1) is 9.41. The van der Waals surface area contributed by atoms with E-state index in [-0.39, 0.29) is 4.90 Å². The van der Waals surface area contributed by atoms with E-state index in [2.05, 4.69) is 10.2 Å². The summed E-state index contributed by atoms with van der Waals surface area (Å²) >= 11 is 0. The molecule has 1 aliphatic heterocycles. The number of rotatable bonds is 4. The zero-order valence-electron chi connectivity index (χ0n) is 11.2. The molecule has 110 valence electrons. The van der Waals surface area contributed by atoms with Crippen LogP contribution >= 0.6 is 0 Å². The van der Waals surface area contributed by atoms with Crippen molar-refractivity contribution >= 4 is 21.4 Å². The number of hydrogen-bond acceptors (Lipinski definition) is 5. The molecule has 3 rings (SSSR count). The molecule has 0 radical (unpaired) electrons. The van der Waals surface area contributed by atoms with Gasteiger partial charge in [0.25, 0.3) is 0 Å². The molecule has 20 heavy (non-hydrogen) atoms. The lowest BCUT2D eigenvalue weighted by atomic mass is 10.2. The Bertz CT molecular complexity index is 613. The van der Waals surface area contributed by atoms with E-state index in [1.54, 1.807) is 12.1 Å². The minimum Gasteiger partial charge on any atom is -0.399 e. The first-order valence-corrected chi connectivity index (χ1v) is 8.40. The van der Waals surface area contributed by atoms with Gasteiger partial charge in [-0.25, -0.2) is 13.6 Å². The van der Waals surface area contributed by atoms with Crippen LogP contribution in [0.5, 0.6) is 0 Å². The number of anilines is 2. The summed E-state index contributed by atoms with van der Waals surface area (Å²) in [5.41, 5.74) is 6.86. The highest BCUT2D eigenvalue weighted by Crippen LogP contribution is 2.31. The van der Waals surface area contributed by atoms with Crippen molar-refractivity contribution in [2.75, 3.05) is 24.1 Å². The van der Waals surface area contributed by atoms with Crippen LogP contribution in [0.4, 0.5) is 11.4 Å². The van der Waals surface area contributed by atoms with Crippen molar-refractivity contribution < 1.29 is 8.42 Å². The lowest BCUT2D eigenvalue weighted by Gasteiger charge is -2.17. The lowest BCUT2D eigenvalue weighted by Crippen LogP contribution is -2.27. The Morgan fingerprint density at radius 3 is 2.60 bits per heavy atom. The van der Waals surface area contributed by atoms with Crippen LogP contribution < -0.4 is 16.2 Å². The molecule has 2 fully saturated rings. The maximum Gasteiger partial charge on any atom is 0.238 e. The molecule has 7 heteroatoms. The van der Waals surface area contributed by atoms with Crippen molar-refractivity contribution in [1.29, 1.82) is 0 Å². The average Bonchev–Trinajstić information content (AvgIpc) is 3.09. The molecule has 0 bridgehead atoms. The number of nitrogens with zero attached hydrogens (tertiary/aromatic N) is 1. The highest BCUT2D eigenvalue weighted by molar-refractivity contribution is 7.89. The maximum absolute atomic E-state index is 11.4. The Balaban J connectivity index is 1.72. The predicted molar refractivity (Wildman–Crippen MR) is 78.9 cm³/mol. The summed E-state index contributed by atoms with van der Waals surface area (Å²) in [6, 6.07) is 5.78. The first-order valence-electron chi connectivity index (χ1n) is 6.86. The molecular formula is C13H20N4O2S. The fourth-order valence-corrected chi connectivity index (χ4v) is 3.37. The van der Waals surface area contributed by atoms with E-state index in [9.17, 15) is 8.42 Å². The highest BCUT2D eigenvalue weighted by Gasteiger charge is 2.34. The van der Waals surface area contributed by atoms with Crippen molar-refractivity contribution in [1.82, 2.24) is 4.90 Å². The van der Waals surface area contributed by atoms with Gasteiger partial charge in [-0.2, -0.15) is 0 Å². The number of likely N-dealkylation sites (tertiary alicyclic amines) is 1. The molecule has 1 atom stereocenters. The van der Waals surface area contributed by atoms with Gasteiger partial charge in [-0.05, 0) is 37.5 Å². The van der Waals surface area contributed by atoms with Gasteiger partial charge in [0.1, 0.15) is 0 Å². The number of nitrogens with one attached hydrogen (secondary N) is 1. The summed E-state index contributed by atoms with van der Waals surface area (Å²) in [7, 11) is -3.73. The largest absolute Gasteiger partial charge is 0.399 e. The monoisotopic (exact) mass is 296 g/mol. The fourth-order valence-electron chi connectivity index (χ4n) is 2.78. The van der Waals surface area contributed by atoms with Crippen LogP contribution in [0.25, 0.3) is 0 Å². The number of hydrogen-bond donors (Lipinski definition) is 3. The quantitative estimate of drug-likeness (QED) is 0.705. The van der Waals surface area contributed by atoms with Gasteiger partial charge in [0.2, 0.25) is 10.0 Å². The van der Waals surface area contributed by atoms with E-state index < -0.39 is 10.0 Å². The molecule has 0 aromatic heterocycles. The van der Waals surface area contributed by atoms with Crippen LogP contribution in [-0.2, 0) is 10.0 Å². The zero-order valence-corrected chi connectivity index (χ0v) is 12.1. The summed E-state index contributed by atoms with van der Waals surface area (Å²) in [6.07, 6.45) is 3.68. The summed E-state index contributed by atoms with van der Waals surface area (Å²) < 4.78 is 22.8. The van der Waals surface area contributed by atoms with E-state index in [1.807, 2.05) is 0 Å². The smallest absolute Gasteiger partial charge is 0.238 e. The van der Waals surface area contributed by atoms with Crippen molar-refractivity contribution in [2.45, 2.75) is 36.2 Å². The standard InChI is InChI=1S/C13H20N4O2S/c14-9-5-11(7-13(6-9)20(15,18)19)16-10-3-4-17(8-10)12-1-2-12/h5-7,10,12,16H,1-4,8,14H2,(H2,15,18,19). The Labute approximate surface area is 119 Å². The van der Waals surface area contributed by atoms with Crippen LogP contribution in [0.3, 0.4) is 0 Å². The van der Waals surface area contributed by atoms with Gasteiger partial charge in [-0.3, -0.25) is 4.90 Å². The van der Waals surface area contributed by atoms with Gasteiger partial charge >= 0.3 is 0 Å². The summed E-state index contributed by atoms with van der Waals surface area (Å²) in [6.45, 7) is 2.11. The minimum absolute atomic E-state index is 0.0528. The van der Waals surface area contributed by atoms with Crippen molar-refractivity contribution in [3.05, 3.63) is 18.2 Å². The lowest BCUT2D eigenvalue weighted by molar-refractivity contribution is 0.326. The van der Waals surface area contributed by atoms with Gasteiger partial charge in [0.15, 0.2) is 0 Å². The molecule has 6 nitrogen and oxygen atoms in total. The van der Waals surface area contributed by atoms with Gasteiger partial charge < -0.3 is 11.1 Å². The first kappa shape index (κ1) is 13.7. The number of nitrogen functional groups attached to an aromatic ring is 1. The second-order valence-electron chi connectivity index (χ2n) is 5.69. The fraction of sp³-hybridized carbons (Fsp3) is 0.538. The van der Waals surface area contributed by atoms with Gasteiger partial charge in [-0.15, -0.1) is 0 Å². The van der Waals surface area contributed by atoms with E-state index in [0.717, 1.165) is 31.2 Å². The topological polar surface area (TPSA) is 101 Å². The Morgan fingerprint density at radius 1 is 1.20 bits per heavy atom. The SMILES string of the molecule is Nc1cc(NC2CCN(C3CC3)C2)cc(S(N)(=O)=O)c1. The molecule has 5 N–H and O–H groups in total. The summed E-state index contributed by atoms with van der Waals surface area (Å²) in [4.78, 5) is 2.54. The average molecular weight is 296 g/mol. The van der Waals surface area contributed by atoms with Crippen molar-refractivity contribution in [3.8, 4) is 0 Å².